The van der Waals surface area contributed by atoms with Crippen LogP contribution >= 0.6 is 0 Å². The minimum absolute atomic E-state index is 0.00996. The average Bonchev–Trinajstić information content (AvgIpc) is 3.79. The zero-order valence-corrected chi connectivity index (χ0v) is 37.7. The quantitative estimate of drug-likeness (QED) is 0.169. The van der Waals surface area contributed by atoms with Gasteiger partial charge in [-0.15, -0.1) is 0 Å². The third kappa shape index (κ3) is 9.28. The molecule has 3 aliphatic carbocycles. The van der Waals surface area contributed by atoms with Gasteiger partial charge in [-0.05, 0) is 133 Å². The number of nitrogens with zero attached hydrogens (tertiary/aromatic N) is 1. The molecule has 19 atom stereocenters. The molecule has 7 rings (SSSR count). The van der Waals surface area contributed by atoms with E-state index in [1.165, 1.54) is 0 Å². The van der Waals surface area contributed by atoms with Gasteiger partial charge in [-0.1, -0.05) is 38.1 Å². The van der Waals surface area contributed by atoms with E-state index in [4.69, 9.17) is 42.6 Å². The number of benzene rings is 1. The number of Topliss-reactive ketones (excluding diaryl/α,β-unsaturated/α-hetero) is 1. The maximum atomic E-state index is 15.6. The second kappa shape index (κ2) is 20.0. The molecular weight excluding hydrogens is 767 g/mol. The van der Waals surface area contributed by atoms with E-state index in [1.54, 1.807) is 28.4 Å². The first-order valence-corrected chi connectivity index (χ1v) is 22.8. The minimum atomic E-state index is -0.635. The summed E-state index contributed by atoms with van der Waals surface area (Å²) in [4.78, 5) is 31.9. The lowest BCUT2D eigenvalue weighted by Crippen LogP contribution is -2.59. The summed E-state index contributed by atoms with van der Waals surface area (Å²) in [5, 5.41) is 0. The Morgan fingerprint density at radius 1 is 0.800 bits per heavy atom. The van der Waals surface area contributed by atoms with Crippen LogP contribution in [0.15, 0.2) is 36.4 Å². The molecule has 6 aliphatic rings. The van der Waals surface area contributed by atoms with E-state index >= 15 is 4.79 Å². The monoisotopic (exact) mass is 840 g/mol. The van der Waals surface area contributed by atoms with Crippen LogP contribution in [-0.4, -0.2) is 127 Å². The maximum absolute atomic E-state index is 15.6. The highest BCUT2D eigenvalue weighted by atomic mass is 16.7. The van der Waals surface area contributed by atoms with Gasteiger partial charge in [0.15, 0.2) is 12.6 Å². The molecule has 0 radical (unpaired) electrons. The van der Waals surface area contributed by atoms with Crippen molar-refractivity contribution in [2.45, 2.75) is 159 Å². The number of methoxy groups -OCH3 is 4. The Morgan fingerprint density at radius 2 is 1.57 bits per heavy atom. The van der Waals surface area contributed by atoms with Gasteiger partial charge in [-0.3, -0.25) is 9.59 Å². The number of ether oxygens (including phenoxy) is 9. The number of carbonyl (C=O) groups is 2. The number of fused-ring (bicyclic) bond motifs is 5. The Hall–Kier alpha value is -2.42. The van der Waals surface area contributed by atoms with Gasteiger partial charge >= 0.3 is 5.97 Å². The first-order valence-electron chi connectivity index (χ1n) is 22.8. The van der Waals surface area contributed by atoms with Crippen molar-refractivity contribution in [1.29, 1.82) is 0 Å². The van der Waals surface area contributed by atoms with Crippen LogP contribution < -0.4 is 4.74 Å². The number of allylic oxidation sites excluding steroid dienone is 2. The Labute approximate surface area is 358 Å². The van der Waals surface area contributed by atoms with Crippen LogP contribution in [0.1, 0.15) is 97.0 Å². The van der Waals surface area contributed by atoms with Gasteiger partial charge in [0.2, 0.25) is 0 Å². The fraction of sp³-hybridized carbons (Fsp3) is 0.792. The van der Waals surface area contributed by atoms with E-state index < -0.39 is 24.2 Å². The molecule has 0 spiro atoms. The molecule has 5 fully saturated rings. The number of hydrogen-bond acceptors (Lipinski definition) is 12. The van der Waals surface area contributed by atoms with Crippen molar-refractivity contribution in [3.63, 3.8) is 0 Å². The Bertz CT molecular complexity index is 1620. The Morgan fingerprint density at radius 3 is 2.25 bits per heavy atom. The van der Waals surface area contributed by atoms with Gasteiger partial charge in [-0.25, -0.2) is 0 Å². The van der Waals surface area contributed by atoms with E-state index in [9.17, 15) is 4.79 Å². The van der Waals surface area contributed by atoms with Crippen molar-refractivity contribution in [2.24, 2.45) is 41.4 Å². The number of esters is 1. The second-order valence-corrected chi connectivity index (χ2v) is 18.8. The standard InChI is InChI=1S/C48H73NO11/c1-11-31-15-13-17-38(60-40-21-20-37(49(5)6)27(3)56-40)26(2)44(51)43-36(25-39(50)58-31)34-19-18-29-22-33(59-48-47(55-10)46(54-9)45(53-8)28(4)57-48)24-35(29)42(34)41(43)30-14-12-16-32(23-30)52-7/h12,14,16,18-19,23,26-29,31,33-38,40-43,45-48H,11,13,15,17,20-22,24-25H2,1-10H3/t26-,27?,28?,29-,31+,33-,34+,35-,36+,37+,38+,40+,41?,42-,43?,45+,46?,47?,48+/m1/s1. The molecule has 0 bridgehead atoms. The molecule has 2 saturated carbocycles. The molecule has 336 valence electrons. The summed E-state index contributed by atoms with van der Waals surface area (Å²) >= 11 is 0. The lowest BCUT2D eigenvalue weighted by Gasteiger charge is -2.44. The van der Waals surface area contributed by atoms with Gasteiger partial charge < -0.3 is 47.5 Å². The molecule has 3 saturated heterocycles. The van der Waals surface area contributed by atoms with Crippen LogP contribution in [0.4, 0.5) is 0 Å². The lowest BCUT2D eigenvalue weighted by molar-refractivity contribution is -0.314. The molecule has 3 aliphatic heterocycles. The van der Waals surface area contributed by atoms with E-state index in [1.807, 2.05) is 19.1 Å². The van der Waals surface area contributed by atoms with Gasteiger partial charge in [0, 0.05) is 45.6 Å². The fourth-order valence-electron chi connectivity index (χ4n) is 12.4. The van der Waals surface area contributed by atoms with E-state index in [2.05, 4.69) is 64.1 Å². The molecule has 1 aromatic carbocycles. The molecule has 3 heterocycles. The fourth-order valence-corrected chi connectivity index (χ4v) is 12.4. The van der Waals surface area contributed by atoms with Crippen molar-refractivity contribution in [2.75, 3.05) is 42.5 Å². The zero-order chi connectivity index (χ0) is 42.8. The lowest BCUT2D eigenvalue weighted by atomic mass is 9.67. The predicted molar refractivity (Wildman–Crippen MR) is 225 cm³/mol. The largest absolute Gasteiger partial charge is 0.497 e. The highest BCUT2D eigenvalue weighted by Crippen LogP contribution is 2.63. The van der Waals surface area contributed by atoms with Crippen LogP contribution in [0.2, 0.25) is 0 Å². The van der Waals surface area contributed by atoms with E-state index in [-0.39, 0.29) is 103 Å². The summed E-state index contributed by atoms with van der Waals surface area (Å²) in [6, 6.07) is 8.54. The summed E-state index contributed by atoms with van der Waals surface area (Å²) in [5.74, 6) is -0.0748. The van der Waals surface area contributed by atoms with Crippen LogP contribution in [0.25, 0.3) is 0 Å². The summed E-state index contributed by atoms with van der Waals surface area (Å²) in [5.41, 5.74) is 1.07. The molecule has 0 N–H and O–H groups in total. The molecule has 0 amide bonds. The number of likely N-dealkylation sites (N-methyl/N-ethyl adjacent to an activating group) is 1. The van der Waals surface area contributed by atoms with Crippen molar-refractivity contribution >= 4 is 11.8 Å². The van der Waals surface area contributed by atoms with E-state index in [0.717, 1.165) is 56.3 Å². The minimum Gasteiger partial charge on any atom is -0.497 e. The van der Waals surface area contributed by atoms with Crippen molar-refractivity contribution in [3.05, 3.63) is 42.0 Å². The van der Waals surface area contributed by atoms with Gasteiger partial charge in [0.1, 0.15) is 35.9 Å². The molecule has 1 aromatic rings. The summed E-state index contributed by atoms with van der Waals surface area (Å²) in [6.07, 6.45) is 8.11. The van der Waals surface area contributed by atoms with E-state index in [0.29, 0.717) is 12.5 Å². The molecule has 12 nitrogen and oxygen atoms in total. The second-order valence-electron chi connectivity index (χ2n) is 18.8. The molecule has 0 aromatic heterocycles. The SMILES string of the molecule is CC[C@H]1CCC[C@H](O[C@H]2CC[C@H](N(C)C)C(C)O2)[C@@H](C)C(=O)C2C(c3cccc(OC)c3)[C@@H]3[C@@H](C=C[C@@H]4C[C@@H](O[C@@H]5OC(C)[C@H](OC)C(OC)C5OC)C[C@@H]34)[C@@H]2CC(=O)O1. The third-order valence-electron chi connectivity index (χ3n) is 15.3. The number of hydrogen-bond donors (Lipinski definition) is 0. The first-order chi connectivity index (χ1) is 28.9. The van der Waals surface area contributed by atoms with Crippen LogP contribution in [0.5, 0.6) is 5.75 Å². The van der Waals surface area contributed by atoms with Gasteiger partial charge in [0.25, 0.3) is 0 Å². The number of cyclic esters (lactones) is 1. The highest BCUT2D eigenvalue weighted by Gasteiger charge is 2.60. The van der Waals surface area contributed by atoms with Crippen LogP contribution in [-0.2, 0) is 47.5 Å². The van der Waals surface area contributed by atoms with Crippen molar-refractivity contribution in [1.82, 2.24) is 4.90 Å². The molecule has 60 heavy (non-hydrogen) atoms. The molecular formula is C48H73NO11. The first kappa shape index (κ1) is 45.6. The van der Waals surface area contributed by atoms with Gasteiger partial charge in [-0.2, -0.15) is 0 Å². The number of rotatable bonds is 11. The topological polar surface area (TPSA) is 120 Å². The normalized spacial score (nSPS) is 43.7. The van der Waals surface area contributed by atoms with Gasteiger partial charge in [0.05, 0.1) is 31.5 Å². The zero-order valence-electron chi connectivity index (χ0n) is 37.7. The Balaban J connectivity index is 1.22. The smallest absolute Gasteiger partial charge is 0.306 e. The number of ketones is 1. The molecule has 6 unspecified atom stereocenters. The van der Waals surface area contributed by atoms with Crippen LogP contribution in [0.3, 0.4) is 0 Å². The maximum Gasteiger partial charge on any atom is 0.306 e. The summed E-state index contributed by atoms with van der Waals surface area (Å²) < 4.78 is 56.4. The summed E-state index contributed by atoms with van der Waals surface area (Å²) in [6.45, 7) is 8.23. The van der Waals surface area contributed by atoms with Crippen LogP contribution in [0, 0.1) is 41.4 Å². The van der Waals surface area contributed by atoms with Crippen molar-refractivity contribution in [3.8, 4) is 5.75 Å². The predicted octanol–water partition coefficient (Wildman–Crippen LogP) is 6.97. The summed E-state index contributed by atoms with van der Waals surface area (Å²) in [7, 11) is 10.9. The van der Waals surface area contributed by atoms with Crippen molar-refractivity contribution < 1.29 is 52.2 Å². The molecule has 12 heteroatoms. The third-order valence-corrected chi connectivity index (χ3v) is 15.3. The Kier molecular flexibility index (Phi) is 15.2. The number of carbonyl (C=O) groups excluding carboxylic acids is 2. The average molecular weight is 840 g/mol. The highest BCUT2D eigenvalue weighted by molar-refractivity contribution is 5.86.